The summed E-state index contributed by atoms with van der Waals surface area (Å²) in [5.74, 6) is -1.30. The molecule has 184 valence electrons. The first-order valence-corrected chi connectivity index (χ1v) is 12.2. The zero-order valence-corrected chi connectivity index (χ0v) is 20.4. The van der Waals surface area contributed by atoms with Crippen LogP contribution < -0.4 is 0 Å². The minimum atomic E-state index is -0.661. The van der Waals surface area contributed by atoms with Gasteiger partial charge in [-0.15, -0.1) is 0 Å². The summed E-state index contributed by atoms with van der Waals surface area (Å²) in [7, 11) is 0. The van der Waals surface area contributed by atoms with Crippen LogP contribution in [0.3, 0.4) is 0 Å². The van der Waals surface area contributed by atoms with Gasteiger partial charge in [0.05, 0.1) is 23.1 Å². The molecule has 2 aliphatic rings. The Morgan fingerprint density at radius 3 is 2.72 bits per heavy atom. The SMILES string of the molecule is CCN(C[C@@]12CC[C@@H](c3cc(-c4c(F)cccc4F)nnc31)C2(C)C)C(=O)c1cnn2cccnc12. The Morgan fingerprint density at radius 2 is 1.97 bits per heavy atom. The number of amides is 1. The summed E-state index contributed by atoms with van der Waals surface area (Å²) in [6.45, 7) is 7.33. The molecule has 0 spiro atoms. The molecule has 0 saturated heterocycles. The summed E-state index contributed by atoms with van der Waals surface area (Å²) in [4.78, 5) is 19.8. The average molecular weight is 489 g/mol. The van der Waals surface area contributed by atoms with Gasteiger partial charge in [-0.1, -0.05) is 19.9 Å². The predicted molar refractivity (Wildman–Crippen MR) is 129 cm³/mol. The normalized spacial score (nSPS) is 21.6. The summed E-state index contributed by atoms with van der Waals surface area (Å²) in [5.41, 5.74) is 2.17. The highest BCUT2D eigenvalue weighted by molar-refractivity contribution is 5.99. The molecule has 7 nitrogen and oxygen atoms in total. The van der Waals surface area contributed by atoms with Gasteiger partial charge in [-0.05, 0) is 60.9 Å². The van der Waals surface area contributed by atoms with E-state index >= 15 is 0 Å². The number of hydrogen-bond donors (Lipinski definition) is 0. The fourth-order valence-electron chi connectivity index (χ4n) is 6.44. The Morgan fingerprint density at radius 1 is 1.19 bits per heavy atom. The van der Waals surface area contributed by atoms with Gasteiger partial charge in [-0.25, -0.2) is 18.3 Å². The second kappa shape index (κ2) is 7.88. The molecule has 3 aromatic heterocycles. The number of carbonyl (C=O) groups excluding carboxylic acids is 1. The molecule has 2 bridgehead atoms. The Labute approximate surface area is 207 Å². The molecule has 6 rings (SSSR count). The van der Waals surface area contributed by atoms with Gasteiger partial charge >= 0.3 is 0 Å². The number of carbonyl (C=O) groups is 1. The van der Waals surface area contributed by atoms with Crippen LogP contribution >= 0.6 is 0 Å². The summed E-state index contributed by atoms with van der Waals surface area (Å²) in [6, 6.07) is 7.35. The molecule has 0 aliphatic heterocycles. The van der Waals surface area contributed by atoms with E-state index < -0.39 is 17.0 Å². The summed E-state index contributed by atoms with van der Waals surface area (Å²) >= 11 is 0. The van der Waals surface area contributed by atoms with Crippen LogP contribution in [0.2, 0.25) is 0 Å². The monoisotopic (exact) mass is 488 g/mol. The number of hydrogen-bond acceptors (Lipinski definition) is 5. The van der Waals surface area contributed by atoms with Gasteiger partial charge in [0.25, 0.3) is 5.91 Å². The molecule has 2 atom stereocenters. The van der Waals surface area contributed by atoms with Crippen LogP contribution in [0.4, 0.5) is 8.78 Å². The van der Waals surface area contributed by atoms with Crippen molar-refractivity contribution in [1.29, 1.82) is 0 Å². The molecular formula is C27H26F2N6O. The van der Waals surface area contributed by atoms with Gasteiger partial charge in [0.2, 0.25) is 0 Å². The van der Waals surface area contributed by atoms with Crippen molar-refractivity contribution in [3.63, 3.8) is 0 Å². The Hall–Kier alpha value is -3.75. The van der Waals surface area contributed by atoms with Crippen LogP contribution in [-0.2, 0) is 5.41 Å². The Kier molecular flexibility index (Phi) is 4.97. The largest absolute Gasteiger partial charge is 0.338 e. The number of aromatic nitrogens is 5. The van der Waals surface area contributed by atoms with Crippen LogP contribution in [0, 0.1) is 17.0 Å². The van der Waals surface area contributed by atoms with E-state index in [4.69, 9.17) is 0 Å². The standard InChI is InChI=1S/C27H26F2N6O/c1-4-34(25(36)17-14-31-35-12-6-11-30-24(17)35)15-27-10-9-18(26(27,2)3)16-13-21(32-33-23(16)27)22-19(28)7-5-8-20(22)29/h5-8,11-14,18H,4,9-10,15H2,1-3H3/t18-,27-/m0/s1. The molecule has 1 aromatic carbocycles. The minimum Gasteiger partial charge on any atom is -0.338 e. The lowest BCUT2D eigenvalue weighted by Crippen LogP contribution is -2.48. The van der Waals surface area contributed by atoms with Gasteiger partial charge in [0.1, 0.15) is 17.2 Å². The third kappa shape index (κ3) is 2.98. The lowest BCUT2D eigenvalue weighted by Gasteiger charge is -2.41. The zero-order valence-electron chi connectivity index (χ0n) is 20.4. The van der Waals surface area contributed by atoms with E-state index in [-0.39, 0.29) is 28.5 Å². The topological polar surface area (TPSA) is 76.3 Å². The second-order valence-electron chi connectivity index (χ2n) is 10.3. The molecule has 36 heavy (non-hydrogen) atoms. The lowest BCUT2D eigenvalue weighted by atomic mass is 9.68. The molecule has 1 saturated carbocycles. The average Bonchev–Trinajstić information content (AvgIpc) is 3.46. The van der Waals surface area contributed by atoms with E-state index in [2.05, 4.69) is 34.1 Å². The number of rotatable bonds is 5. The number of halogens is 2. The quantitative estimate of drug-likeness (QED) is 0.404. The first kappa shape index (κ1) is 22.7. The Balaban J connectivity index is 1.40. The van der Waals surface area contributed by atoms with E-state index in [1.165, 1.54) is 18.2 Å². The molecule has 0 unspecified atom stereocenters. The van der Waals surface area contributed by atoms with Crippen molar-refractivity contribution in [2.75, 3.05) is 13.1 Å². The Bertz CT molecular complexity index is 1500. The van der Waals surface area contributed by atoms with Crippen molar-refractivity contribution in [1.82, 2.24) is 29.7 Å². The molecule has 0 radical (unpaired) electrons. The second-order valence-corrected chi connectivity index (χ2v) is 10.3. The van der Waals surface area contributed by atoms with Crippen molar-refractivity contribution in [2.24, 2.45) is 5.41 Å². The molecule has 3 heterocycles. The zero-order chi connectivity index (χ0) is 25.2. The van der Waals surface area contributed by atoms with Crippen LogP contribution in [0.5, 0.6) is 0 Å². The number of likely N-dealkylation sites (N-methyl/N-ethyl adjacent to an activating group) is 1. The maximum absolute atomic E-state index is 14.5. The predicted octanol–water partition coefficient (Wildman–Crippen LogP) is 4.78. The molecule has 1 amide bonds. The number of benzene rings is 1. The summed E-state index contributed by atoms with van der Waals surface area (Å²) in [5, 5.41) is 13.1. The van der Waals surface area contributed by atoms with E-state index in [1.807, 2.05) is 11.8 Å². The van der Waals surface area contributed by atoms with Crippen molar-refractivity contribution >= 4 is 11.6 Å². The van der Waals surface area contributed by atoms with Crippen molar-refractivity contribution < 1.29 is 13.6 Å². The van der Waals surface area contributed by atoms with Crippen LogP contribution in [0.25, 0.3) is 16.9 Å². The molecular weight excluding hydrogens is 462 g/mol. The van der Waals surface area contributed by atoms with Gasteiger partial charge < -0.3 is 4.90 Å². The minimum absolute atomic E-state index is 0.133. The van der Waals surface area contributed by atoms with Crippen molar-refractivity contribution in [2.45, 2.75) is 44.9 Å². The molecule has 4 aromatic rings. The summed E-state index contributed by atoms with van der Waals surface area (Å²) < 4.78 is 30.6. The van der Waals surface area contributed by atoms with Crippen molar-refractivity contribution in [3.05, 3.63) is 77.4 Å². The smallest absolute Gasteiger partial charge is 0.259 e. The summed E-state index contributed by atoms with van der Waals surface area (Å²) in [6.07, 6.45) is 6.74. The van der Waals surface area contributed by atoms with Crippen LogP contribution in [0.1, 0.15) is 61.1 Å². The van der Waals surface area contributed by atoms with E-state index in [9.17, 15) is 13.6 Å². The molecule has 2 aliphatic carbocycles. The molecule has 0 N–H and O–H groups in total. The van der Waals surface area contributed by atoms with Crippen LogP contribution in [-0.4, -0.2) is 48.7 Å². The highest BCUT2D eigenvalue weighted by Gasteiger charge is 2.64. The lowest BCUT2D eigenvalue weighted by molar-refractivity contribution is 0.0654. The van der Waals surface area contributed by atoms with Gasteiger partial charge in [0, 0.05) is 30.9 Å². The van der Waals surface area contributed by atoms with Gasteiger partial charge in [0.15, 0.2) is 5.65 Å². The maximum Gasteiger partial charge on any atom is 0.259 e. The van der Waals surface area contributed by atoms with Gasteiger partial charge in [-0.3, -0.25) is 4.79 Å². The fourth-order valence-corrected chi connectivity index (χ4v) is 6.44. The van der Waals surface area contributed by atoms with E-state index in [0.717, 1.165) is 24.1 Å². The highest BCUT2D eigenvalue weighted by atomic mass is 19.1. The number of fused-ring (bicyclic) bond motifs is 6. The third-order valence-corrected chi connectivity index (χ3v) is 8.47. The maximum atomic E-state index is 14.5. The number of nitrogens with zero attached hydrogens (tertiary/aromatic N) is 6. The van der Waals surface area contributed by atoms with E-state index in [0.29, 0.717) is 24.3 Å². The van der Waals surface area contributed by atoms with E-state index in [1.54, 1.807) is 35.2 Å². The van der Waals surface area contributed by atoms with Crippen LogP contribution in [0.15, 0.2) is 48.9 Å². The van der Waals surface area contributed by atoms with Gasteiger partial charge in [-0.2, -0.15) is 15.3 Å². The first-order valence-electron chi connectivity index (χ1n) is 12.2. The molecule has 9 heteroatoms. The molecule has 1 fully saturated rings. The first-order chi connectivity index (χ1) is 17.3. The fraction of sp³-hybridized carbons (Fsp3) is 0.370. The third-order valence-electron chi connectivity index (χ3n) is 8.47. The van der Waals surface area contributed by atoms with Crippen molar-refractivity contribution in [3.8, 4) is 11.3 Å². The highest BCUT2D eigenvalue weighted by Crippen LogP contribution is 2.67.